The highest BCUT2D eigenvalue weighted by atomic mass is 35.5. The van der Waals surface area contributed by atoms with E-state index < -0.39 is 0 Å². The highest BCUT2D eigenvalue weighted by Gasteiger charge is 2.28. The van der Waals surface area contributed by atoms with E-state index in [2.05, 4.69) is 40.0 Å². The van der Waals surface area contributed by atoms with Crippen LogP contribution in [0, 0.1) is 12.8 Å². The van der Waals surface area contributed by atoms with Gasteiger partial charge >= 0.3 is 5.91 Å². The molecule has 6 nitrogen and oxygen atoms in total. The fraction of sp³-hybridized carbons (Fsp3) is 0.583. The molecule has 174 valence electrons. The highest BCUT2D eigenvalue weighted by molar-refractivity contribution is 6.43. The second-order valence-electron chi connectivity index (χ2n) is 9.24. The van der Waals surface area contributed by atoms with Gasteiger partial charge in [0, 0.05) is 31.7 Å². The number of carbonyl (C=O) groups is 1. The Bertz CT molecular complexity index is 913. The Balaban J connectivity index is 1.20. The molecule has 32 heavy (non-hydrogen) atoms. The number of carbonyl (C=O) groups excluding carboxylic acids is 1. The topological polar surface area (TPSA) is 61.6 Å². The quantitative estimate of drug-likeness (QED) is 0.619. The first-order chi connectivity index (χ1) is 15.4. The van der Waals surface area contributed by atoms with E-state index in [-0.39, 0.29) is 17.8 Å². The monoisotopic (exact) mass is 478 g/mol. The van der Waals surface area contributed by atoms with Gasteiger partial charge in [0.05, 0.1) is 21.9 Å². The van der Waals surface area contributed by atoms with Crippen molar-refractivity contribution in [3.8, 4) is 0 Å². The lowest BCUT2D eigenvalue weighted by molar-refractivity contribution is 0.0884. The maximum atomic E-state index is 12.1. The Morgan fingerprint density at radius 1 is 1.22 bits per heavy atom. The normalized spacial score (nSPS) is 24.5. The first kappa shape index (κ1) is 23.4. The van der Waals surface area contributed by atoms with Crippen molar-refractivity contribution in [3.05, 3.63) is 46.1 Å². The minimum atomic E-state index is -0.208. The first-order valence-corrected chi connectivity index (χ1v) is 12.3. The van der Waals surface area contributed by atoms with Crippen LogP contribution in [-0.2, 0) is 0 Å². The van der Waals surface area contributed by atoms with Crippen molar-refractivity contribution < 1.29 is 9.21 Å². The van der Waals surface area contributed by atoms with Crippen molar-refractivity contribution in [2.45, 2.75) is 58.0 Å². The lowest BCUT2D eigenvalue weighted by Gasteiger charge is -2.42. The summed E-state index contributed by atoms with van der Waals surface area (Å²) < 4.78 is 5.08. The molecule has 2 aromatic rings. The fourth-order valence-electron chi connectivity index (χ4n) is 5.05. The number of aromatic nitrogens is 1. The number of rotatable bonds is 6. The molecule has 0 radical (unpaired) electrons. The summed E-state index contributed by atoms with van der Waals surface area (Å²) in [6.45, 7) is 8.47. The molecule has 2 heterocycles. The molecule has 1 atom stereocenters. The Morgan fingerprint density at radius 2 is 2.00 bits per heavy atom. The smallest absolute Gasteiger partial charge is 0.307 e. The van der Waals surface area contributed by atoms with Crippen LogP contribution >= 0.6 is 23.2 Å². The average Bonchev–Trinajstić information content (AvgIpc) is 3.31. The third-order valence-corrected chi connectivity index (χ3v) is 7.63. The van der Waals surface area contributed by atoms with Gasteiger partial charge in [0.25, 0.3) is 5.89 Å². The number of hydrogen-bond donors (Lipinski definition) is 1. The predicted octanol–water partition coefficient (Wildman–Crippen LogP) is 5.18. The van der Waals surface area contributed by atoms with Crippen LogP contribution in [-0.4, -0.2) is 54.1 Å². The SMILES string of the molecule is Cc1cc(Cl)c(Cl)c(N2CCN(CCC3CCC(NC(=O)c4ncco4)CC3)CC2C)c1. The van der Waals surface area contributed by atoms with Crippen LogP contribution in [0.1, 0.15) is 55.3 Å². The summed E-state index contributed by atoms with van der Waals surface area (Å²) in [5.74, 6) is 0.665. The van der Waals surface area contributed by atoms with Crippen molar-refractivity contribution in [1.82, 2.24) is 15.2 Å². The Morgan fingerprint density at radius 3 is 2.69 bits per heavy atom. The van der Waals surface area contributed by atoms with Gasteiger partial charge in [-0.2, -0.15) is 0 Å². The molecule has 1 saturated carbocycles. The number of anilines is 1. The molecule has 1 aliphatic carbocycles. The van der Waals surface area contributed by atoms with Crippen LogP contribution < -0.4 is 10.2 Å². The zero-order chi connectivity index (χ0) is 22.7. The molecule has 1 amide bonds. The second kappa shape index (κ2) is 10.4. The van der Waals surface area contributed by atoms with Gasteiger partial charge in [0.2, 0.25) is 0 Å². The summed E-state index contributed by atoms with van der Waals surface area (Å²) in [6, 6.07) is 4.67. The molecular formula is C24H32Cl2N4O2. The molecule has 4 rings (SSSR count). The van der Waals surface area contributed by atoms with Crippen molar-refractivity contribution in [1.29, 1.82) is 0 Å². The number of hydrogen-bond acceptors (Lipinski definition) is 5. The van der Waals surface area contributed by atoms with E-state index in [0.717, 1.165) is 69.0 Å². The van der Waals surface area contributed by atoms with Crippen LogP contribution in [0.3, 0.4) is 0 Å². The maximum absolute atomic E-state index is 12.1. The minimum Gasteiger partial charge on any atom is -0.441 e. The van der Waals surface area contributed by atoms with Crippen LogP contribution in [0.15, 0.2) is 29.0 Å². The van der Waals surface area contributed by atoms with Gasteiger partial charge in [-0.25, -0.2) is 4.98 Å². The van der Waals surface area contributed by atoms with Gasteiger partial charge in [-0.3, -0.25) is 9.69 Å². The van der Waals surface area contributed by atoms with E-state index in [0.29, 0.717) is 16.1 Å². The number of halogens is 2. The summed E-state index contributed by atoms with van der Waals surface area (Å²) in [5.41, 5.74) is 2.19. The summed E-state index contributed by atoms with van der Waals surface area (Å²) in [6.07, 6.45) is 8.49. The van der Waals surface area contributed by atoms with Crippen LogP contribution in [0.4, 0.5) is 5.69 Å². The van der Waals surface area contributed by atoms with Crippen LogP contribution in [0.5, 0.6) is 0 Å². The average molecular weight is 479 g/mol. The number of aryl methyl sites for hydroxylation is 1. The fourth-order valence-corrected chi connectivity index (χ4v) is 5.54. The molecule has 0 bridgehead atoms. The van der Waals surface area contributed by atoms with Crippen molar-refractivity contribution in [2.24, 2.45) is 5.92 Å². The van der Waals surface area contributed by atoms with Gasteiger partial charge in [-0.05, 0) is 76.1 Å². The highest BCUT2D eigenvalue weighted by Crippen LogP contribution is 2.36. The third kappa shape index (κ3) is 5.59. The minimum absolute atomic E-state index is 0.148. The summed E-state index contributed by atoms with van der Waals surface area (Å²) >= 11 is 12.8. The van der Waals surface area contributed by atoms with E-state index in [9.17, 15) is 4.79 Å². The van der Waals surface area contributed by atoms with Gasteiger partial charge in [-0.1, -0.05) is 23.2 Å². The zero-order valence-corrected chi connectivity index (χ0v) is 20.3. The number of oxazole rings is 1. The molecule has 1 aliphatic heterocycles. The van der Waals surface area contributed by atoms with E-state index in [1.165, 1.54) is 18.9 Å². The molecule has 2 fully saturated rings. The predicted molar refractivity (Wildman–Crippen MR) is 129 cm³/mol. The first-order valence-electron chi connectivity index (χ1n) is 11.6. The summed E-state index contributed by atoms with van der Waals surface area (Å²) in [5, 5.41) is 4.34. The lowest BCUT2D eigenvalue weighted by Crippen LogP contribution is -2.52. The number of nitrogens with zero attached hydrogens (tertiary/aromatic N) is 3. The molecule has 1 saturated heterocycles. The Kier molecular flexibility index (Phi) is 7.64. The summed E-state index contributed by atoms with van der Waals surface area (Å²) in [4.78, 5) is 21.0. The lowest BCUT2D eigenvalue weighted by atomic mass is 9.84. The zero-order valence-electron chi connectivity index (χ0n) is 18.8. The molecule has 8 heteroatoms. The largest absolute Gasteiger partial charge is 0.441 e. The van der Waals surface area contributed by atoms with Crippen molar-refractivity contribution in [2.75, 3.05) is 31.1 Å². The Hall–Kier alpha value is -1.76. The number of piperazine rings is 1. The second-order valence-corrected chi connectivity index (χ2v) is 10.0. The van der Waals surface area contributed by atoms with Gasteiger partial charge in [0.1, 0.15) is 6.26 Å². The van der Waals surface area contributed by atoms with Gasteiger partial charge in [0.15, 0.2) is 0 Å². The van der Waals surface area contributed by atoms with Crippen LogP contribution in [0.2, 0.25) is 10.0 Å². The molecule has 2 aliphatic rings. The van der Waals surface area contributed by atoms with Crippen molar-refractivity contribution in [3.63, 3.8) is 0 Å². The Labute approximate surface area is 200 Å². The van der Waals surface area contributed by atoms with E-state index >= 15 is 0 Å². The molecule has 0 spiro atoms. The third-order valence-electron chi connectivity index (χ3n) is 6.84. The van der Waals surface area contributed by atoms with E-state index in [1.54, 1.807) is 0 Å². The van der Waals surface area contributed by atoms with Crippen LogP contribution in [0.25, 0.3) is 0 Å². The van der Waals surface area contributed by atoms with E-state index in [1.807, 2.05) is 6.07 Å². The standard InChI is InChI=1S/C24H32Cl2N4O2/c1-16-13-20(25)22(26)21(14-16)30-11-10-29(15-17(30)2)9-7-18-3-5-19(6-4-18)28-23(31)24-27-8-12-32-24/h8,12-14,17-19H,3-7,9-11,15H2,1-2H3,(H,28,31). The van der Waals surface area contributed by atoms with Gasteiger partial charge < -0.3 is 14.6 Å². The molecule has 1 unspecified atom stereocenters. The maximum Gasteiger partial charge on any atom is 0.307 e. The molecule has 1 aromatic heterocycles. The number of nitrogens with one attached hydrogen (secondary N) is 1. The molecular weight excluding hydrogens is 447 g/mol. The molecule has 1 N–H and O–H groups in total. The van der Waals surface area contributed by atoms with E-state index in [4.69, 9.17) is 27.6 Å². The molecule has 1 aromatic carbocycles. The number of amides is 1. The van der Waals surface area contributed by atoms with Crippen molar-refractivity contribution >= 4 is 34.8 Å². The number of benzene rings is 1. The van der Waals surface area contributed by atoms with Gasteiger partial charge in [-0.15, -0.1) is 0 Å². The summed E-state index contributed by atoms with van der Waals surface area (Å²) in [7, 11) is 0.